The van der Waals surface area contributed by atoms with Crippen molar-refractivity contribution in [3.63, 3.8) is 0 Å². The van der Waals surface area contributed by atoms with Gasteiger partial charge >= 0.3 is 0 Å². The summed E-state index contributed by atoms with van der Waals surface area (Å²) in [5.74, 6) is 1.80. The summed E-state index contributed by atoms with van der Waals surface area (Å²) in [5.41, 5.74) is 1.41. The van der Waals surface area contributed by atoms with Crippen LogP contribution in [-0.2, 0) is 27.1 Å². The van der Waals surface area contributed by atoms with Crippen molar-refractivity contribution in [3.05, 3.63) is 34.9 Å². The molecule has 0 aromatic heterocycles. The quantitative estimate of drug-likeness (QED) is 0.211. The van der Waals surface area contributed by atoms with Gasteiger partial charge in [-0.25, -0.2) is 0 Å². The number of hydrogen-bond acceptors (Lipinski definition) is 10. The molecule has 38 heavy (non-hydrogen) atoms. The van der Waals surface area contributed by atoms with Crippen molar-refractivity contribution in [1.82, 2.24) is 0 Å². The van der Waals surface area contributed by atoms with Gasteiger partial charge in [0.2, 0.25) is 5.75 Å². The number of benzene rings is 2. The first-order valence-electron chi connectivity index (χ1n) is 12.3. The van der Waals surface area contributed by atoms with Crippen LogP contribution in [0, 0.1) is 5.92 Å². The van der Waals surface area contributed by atoms with Crippen molar-refractivity contribution < 1.29 is 47.8 Å². The molecule has 1 N–H and O–H groups in total. The van der Waals surface area contributed by atoms with E-state index in [1.165, 1.54) is 35.5 Å². The van der Waals surface area contributed by atoms with E-state index in [-0.39, 0.29) is 49.6 Å². The highest BCUT2D eigenvalue weighted by molar-refractivity contribution is 6.02. The van der Waals surface area contributed by atoms with Crippen LogP contribution in [0.25, 0.3) is 0 Å². The Morgan fingerprint density at radius 3 is 1.84 bits per heavy atom. The van der Waals surface area contributed by atoms with Crippen molar-refractivity contribution in [2.75, 3.05) is 55.9 Å². The number of carbonyl (C=O) groups excluding carboxylic acids is 1. The number of aryl methyl sites for hydroxylation is 1. The summed E-state index contributed by atoms with van der Waals surface area (Å²) >= 11 is 0. The molecule has 0 unspecified atom stereocenters. The first-order valence-corrected chi connectivity index (χ1v) is 12.3. The second kappa shape index (κ2) is 15.9. The van der Waals surface area contributed by atoms with Gasteiger partial charge in [-0.3, -0.25) is 4.79 Å². The molecule has 10 heteroatoms. The van der Waals surface area contributed by atoms with Crippen LogP contribution in [0.4, 0.5) is 0 Å². The predicted octanol–water partition coefficient (Wildman–Crippen LogP) is 4.76. The zero-order valence-electron chi connectivity index (χ0n) is 23.4. The molecule has 2 aromatic carbocycles. The van der Waals surface area contributed by atoms with Crippen LogP contribution in [-0.4, -0.2) is 66.8 Å². The monoisotopic (exact) mass is 536 g/mol. The van der Waals surface area contributed by atoms with Gasteiger partial charge in [0.1, 0.15) is 22.8 Å². The Labute approximate surface area is 224 Å². The predicted molar refractivity (Wildman–Crippen MR) is 141 cm³/mol. The highest BCUT2D eigenvalue weighted by Crippen LogP contribution is 2.42. The van der Waals surface area contributed by atoms with E-state index in [0.717, 1.165) is 12.0 Å². The Hall–Kier alpha value is -3.21. The number of ketones is 1. The Balaban J connectivity index is 2.42. The van der Waals surface area contributed by atoms with Crippen molar-refractivity contribution in [3.8, 4) is 34.5 Å². The third-order valence-corrected chi connectivity index (χ3v) is 5.73. The molecule has 0 heterocycles. The topological polar surface area (TPSA) is 111 Å². The molecular formula is C28H40O10. The Morgan fingerprint density at radius 2 is 1.32 bits per heavy atom. The average Bonchev–Trinajstić information content (AvgIpc) is 2.91. The van der Waals surface area contributed by atoms with Crippen molar-refractivity contribution >= 4 is 5.78 Å². The number of hydrogen-bond donors (Lipinski definition) is 1. The number of aromatic hydroxyl groups is 1. The van der Waals surface area contributed by atoms with Gasteiger partial charge in [0.15, 0.2) is 37.7 Å². The number of phenolic OH excluding ortho intramolecular Hbond substituents is 1. The Bertz CT molecular complexity index is 1010. The summed E-state index contributed by atoms with van der Waals surface area (Å²) in [7, 11) is 7.54. The lowest BCUT2D eigenvalue weighted by molar-refractivity contribution is 0.0447. The largest absolute Gasteiger partial charge is 0.507 e. The first-order chi connectivity index (χ1) is 18.3. The minimum absolute atomic E-state index is 0.0150. The highest BCUT2D eigenvalue weighted by Gasteiger charge is 2.25. The minimum Gasteiger partial charge on any atom is -0.507 e. The maximum atomic E-state index is 13.5. The molecule has 0 aliphatic carbocycles. The molecule has 0 atom stereocenters. The average molecular weight is 537 g/mol. The van der Waals surface area contributed by atoms with Gasteiger partial charge in [-0.15, -0.1) is 0 Å². The fraction of sp³-hybridized carbons (Fsp3) is 0.536. The van der Waals surface area contributed by atoms with E-state index in [4.69, 9.17) is 37.9 Å². The van der Waals surface area contributed by atoms with Crippen LogP contribution in [0.3, 0.4) is 0 Å². The standard InChI is InChI=1S/C28H40O10/c1-18(2)8-10-20-22(36-15-31-3)14-23(37-16-32-4)26(27(20)30)21(29)11-9-19-12-24(34-6)28(38-17-33-5)25(13-19)35-7/h12-14,18,30H,8-11,15-17H2,1-7H3. The minimum atomic E-state index is -0.296. The van der Waals surface area contributed by atoms with Gasteiger partial charge in [-0.05, 0) is 42.9 Å². The van der Waals surface area contributed by atoms with Gasteiger partial charge in [0.25, 0.3) is 0 Å². The molecule has 0 saturated heterocycles. The van der Waals surface area contributed by atoms with E-state index in [1.54, 1.807) is 18.2 Å². The SMILES string of the molecule is COCOc1cc(OCOC)c(C(=O)CCc2cc(OC)c(OCOC)c(OC)c2)c(O)c1CCC(C)C. The van der Waals surface area contributed by atoms with Gasteiger partial charge in [-0.1, -0.05) is 13.8 Å². The van der Waals surface area contributed by atoms with Crippen molar-refractivity contribution in [2.24, 2.45) is 5.92 Å². The fourth-order valence-electron chi connectivity index (χ4n) is 3.82. The lowest BCUT2D eigenvalue weighted by atomic mass is 9.94. The number of rotatable bonds is 18. The zero-order valence-corrected chi connectivity index (χ0v) is 23.4. The molecule has 10 nitrogen and oxygen atoms in total. The molecule has 2 rings (SSSR count). The van der Waals surface area contributed by atoms with Crippen LogP contribution in [0.15, 0.2) is 18.2 Å². The number of ether oxygens (including phenoxy) is 8. The lowest BCUT2D eigenvalue weighted by Crippen LogP contribution is -2.11. The van der Waals surface area contributed by atoms with Gasteiger partial charge in [-0.2, -0.15) is 0 Å². The molecule has 2 aromatic rings. The number of phenols is 1. The highest BCUT2D eigenvalue weighted by atomic mass is 16.7. The second-order valence-corrected chi connectivity index (χ2v) is 8.91. The normalized spacial score (nSPS) is 10.9. The summed E-state index contributed by atoms with van der Waals surface area (Å²) in [6.45, 7) is 4.08. The zero-order chi connectivity index (χ0) is 28.1. The molecule has 0 radical (unpaired) electrons. The molecular weight excluding hydrogens is 496 g/mol. The molecule has 0 aliphatic rings. The van der Waals surface area contributed by atoms with Gasteiger partial charge in [0.05, 0.1) is 14.2 Å². The summed E-state index contributed by atoms with van der Waals surface area (Å²) < 4.78 is 43.0. The van der Waals surface area contributed by atoms with Gasteiger partial charge in [0, 0.05) is 39.4 Å². The smallest absolute Gasteiger partial charge is 0.206 e. The van der Waals surface area contributed by atoms with Crippen molar-refractivity contribution in [1.29, 1.82) is 0 Å². The fourth-order valence-corrected chi connectivity index (χ4v) is 3.82. The third kappa shape index (κ3) is 8.41. The Morgan fingerprint density at radius 1 is 0.763 bits per heavy atom. The molecule has 0 fully saturated rings. The van der Waals surface area contributed by atoms with E-state index >= 15 is 0 Å². The van der Waals surface area contributed by atoms with E-state index in [1.807, 2.05) is 0 Å². The van der Waals surface area contributed by atoms with Crippen molar-refractivity contribution in [2.45, 2.75) is 39.5 Å². The summed E-state index contributed by atoms with van der Waals surface area (Å²) in [5, 5.41) is 11.3. The molecule has 0 amide bonds. The number of methoxy groups -OCH3 is 5. The van der Waals surface area contributed by atoms with Crippen LogP contribution in [0.5, 0.6) is 34.5 Å². The van der Waals surface area contributed by atoms with Crippen LogP contribution >= 0.6 is 0 Å². The molecule has 0 bridgehead atoms. The van der Waals surface area contributed by atoms with E-state index in [2.05, 4.69) is 13.8 Å². The van der Waals surface area contributed by atoms with Crippen LogP contribution < -0.4 is 23.7 Å². The summed E-state index contributed by atoms with van der Waals surface area (Å²) in [6, 6.07) is 5.16. The maximum absolute atomic E-state index is 13.5. The first kappa shape index (κ1) is 31.0. The molecule has 0 aliphatic heterocycles. The summed E-state index contributed by atoms with van der Waals surface area (Å²) in [4.78, 5) is 13.5. The molecule has 212 valence electrons. The van der Waals surface area contributed by atoms with E-state index in [0.29, 0.717) is 47.3 Å². The Kier molecular flexibility index (Phi) is 13.0. The maximum Gasteiger partial charge on any atom is 0.206 e. The van der Waals surface area contributed by atoms with Gasteiger partial charge < -0.3 is 43.0 Å². The third-order valence-electron chi connectivity index (χ3n) is 5.73. The van der Waals surface area contributed by atoms with E-state index < -0.39 is 0 Å². The molecule has 0 spiro atoms. The van der Waals surface area contributed by atoms with Crippen LogP contribution in [0.1, 0.15) is 48.2 Å². The number of Topliss-reactive ketones (excluding diaryl/α,β-unsaturated/α-hetero) is 1. The van der Waals surface area contributed by atoms with E-state index in [9.17, 15) is 9.90 Å². The summed E-state index contributed by atoms with van der Waals surface area (Å²) in [6.07, 6.45) is 1.75. The van der Waals surface area contributed by atoms with Crippen LogP contribution in [0.2, 0.25) is 0 Å². The molecule has 0 saturated carbocycles. The number of carbonyl (C=O) groups is 1. The second-order valence-electron chi connectivity index (χ2n) is 8.91. The lowest BCUT2D eigenvalue weighted by Gasteiger charge is -2.19.